The summed E-state index contributed by atoms with van der Waals surface area (Å²) in [4.78, 5) is 14.0. The highest BCUT2D eigenvalue weighted by Crippen LogP contribution is 2.29. The number of carboxylic acids is 1. The number of nitrogens with one attached hydrogen (secondary N) is 1. The Labute approximate surface area is 146 Å². The third kappa shape index (κ3) is 3.46. The molecule has 0 fully saturated rings. The van der Waals surface area contributed by atoms with Gasteiger partial charge in [-0.2, -0.15) is 5.26 Å². The third-order valence-electron chi connectivity index (χ3n) is 4.24. The van der Waals surface area contributed by atoms with Gasteiger partial charge >= 0.3 is 5.97 Å². The van der Waals surface area contributed by atoms with E-state index < -0.39 is 11.4 Å². The lowest BCUT2D eigenvalue weighted by atomic mass is 9.85. The van der Waals surface area contributed by atoms with Gasteiger partial charge in [0.15, 0.2) is 0 Å². The van der Waals surface area contributed by atoms with Gasteiger partial charge in [-0.15, -0.1) is 0 Å². The maximum atomic E-state index is 10.6. The highest BCUT2D eigenvalue weighted by Gasteiger charge is 2.20. The summed E-state index contributed by atoms with van der Waals surface area (Å²) in [7, 11) is 0. The van der Waals surface area contributed by atoms with Crippen molar-refractivity contribution in [1.82, 2.24) is 4.98 Å². The molecule has 0 saturated heterocycles. The number of benzene rings is 2. The second-order valence-electron chi connectivity index (χ2n) is 6.52. The number of aromatic amines is 1. The molecule has 25 heavy (non-hydrogen) atoms. The highest BCUT2D eigenvalue weighted by atomic mass is 16.4. The van der Waals surface area contributed by atoms with E-state index in [9.17, 15) is 10.1 Å². The summed E-state index contributed by atoms with van der Waals surface area (Å²) < 4.78 is 0. The topological polar surface area (TPSA) is 76.9 Å². The fourth-order valence-corrected chi connectivity index (χ4v) is 2.72. The Hall–Kier alpha value is -3.32. The number of aliphatic carboxylic acids is 1. The van der Waals surface area contributed by atoms with E-state index in [4.69, 9.17) is 5.11 Å². The molecule has 0 aliphatic carbocycles. The van der Waals surface area contributed by atoms with Crippen molar-refractivity contribution in [2.75, 3.05) is 0 Å². The number of rotatable bonds is 4. The predicted molar refractivity (Wildman–Crippen MR) is 99.0 cm³/mol. The van der Waals surface area contributed by atoms with Crippen LogP contribution in [0.2, 0.25) is 0 Å². The van der Waals surface area contributed by atoms with Crippen LogP contribution >= 0.6 is 0 Å². The summed E-state index contributed by atoms with van der Waals surface area (Å²) in [6, 6.07) is 18.1. The average Bonchev–Trinajstić information content (AvgIpc) is 3.03. The zero-order valence-corrected chi connectivity index (χ0v) is 14.1. The number of carbonyl (C=O) groups is 1. The van der Waals surface area contributed by atoms with E-state index in [0.29, 0.717) is 0 Å². The number of nitrogens with zero attached hydrogens (tertiary/aromatic N) is 1. The van der Waals surface area contributed by atoms with Gasteiger partial charge in [0.1, 0.15) is 0 Å². The predicted octanol–water partition coefficient (Wildman–Crippen LogP) is 4.73. The molecule has 1 aromatic heterocycles. The molecule has 4 nitrogen and oxygen atoms in total. The Morgan fingerprint density at radius 2 is 2.00 bits per heavy atom. The molecule has 0 aliphatic rings. The monoisotopic (exact) mass is 330 g/mol. The number of hydrogen-bond donors (Lipinski definition) is 2. The largest absolute Gasteiger partial charge is 0.478 e. The second-order valence-corrected chi connectivity index (χ2v) is 6.52. The molecular weight excluding hydrogens is 312 g/mol. The van der Waals surface area contributed by atoms with Gasteiger partial charge in [0.25, 0.3) is 0 Å². The van der Waals surface area contributed by atoms with E-state index in [1.165, 1.54) is 0 Å². The molecule has 0 unspecified atom stereocenters. The first-order valence-corrected chi connectivity index (χ1v) is 7.95. The van der Waals surface area contributed by atoms with Crippen LogP contribution < -0.4 is 0 Å². The number of fused-ring (bicyclic) bond motifs is 1. The summed E-state index contributed by atoms with van der Waals surface area (Å²) >= 11 is 0. The van der Waals surface area contributed by atoms with Crippen LogP contribution in [-0.2, 0) is 10.2 Å². The van der Waals surface area contributed by atoms with Crippen LogP contribution in [0.25, 0.3) is 28.2 Å². The second kappa shape index (κ2) is 6.29. The number of carboxylic acid groups (broad SMARTS) is 1. The molecular formula is C21H18N2O2. The Bertz CT molecular complexity index is 1020. The van der Waals surface area contributed by atoms with Gasteiger partial charge in [0, 0.05) is 22.7 Å². The van der Waals surface area contributed by atoms with Crippen molar-refractivity contribution in [2.24, 2.45) is 0 Å². The van der Waals surface area contributed by atoms with Crippen molar-refractivity contribution in [1.29, 1.82) is 5.26 Å². The quantitative estimate of drug-likeness (QED) is 0.679. The normalized spacial score (nSPS) is 11.7. The fraction of sp³-hybridized carbons (Fsp3) is 0.143. The number of hydrogen-bond acceptors (Lipinski definition) is 2. The first-order chi connectivity index (χ1) is 11.9. The number of nitriles is 1. The van der Waals surface area contributed by atoms with Gasteiger partial charge in [0.05, 0.1) is 11.5 Å². The summed E-state index contributed by atoms with van der Waals surface area (Å²) in [5.74, 6) is -0.966. The molecule has 0 aliphatic heterocycles. The van der Waals surface area contributed by atoms with E-state index in [1.54, 1.807) is 6.08 Å². The first kappa shape index (κ1) is 16.5. The summed E-state index contributed by atoms with van der Waals surface area (Å²) in [5.41, 5.74) is 4.21. The van der Waals surface area contributed by atoms with E-state index in [1.807, 2.05) is 62.4 Å². The van der Waals surface area contributed by atoms with Crippen LogP contribution in [0.5, 0.6) is 0 Å². The van der Waals surface area contributed by atoms with E-state index >= 15 is 0 Å². The van der Waals surface area contributed by atoms with Crippen LogP contribution in [0.3, 0.4) is 0 Å². The molecule has 0 atom stereocenters. The van der Waals surface area contributed by atoms with Crippen molar-refractivity contribution >= 4 is 22.9 Å². The lowest BCUT2D eigenvalue weighted by Gasteiger charge is -2.16. The molecule has 0 bridgehead atoms. The molecule has 0 amide bonds. The molecule has 1 heterocycles. The Balaban J connectivity index is 2.01. The van der Waals surface area contributed by atoms with Crippen LogP contribution in [0, 0.1) is 11.3 Å². The zero-order valence-electron chi connectivity index (χ0n) is 14.1. The molecule has 2 aromatic carbocycles. The van der Waals surface area contributed by atoms with Crippen molar-refractivity contribution < 1.29 is 9.90 Å². The lowest BCUT2D eigenvalue weighted by molar-refractivity contribution is -0.131. The van der Waals surface area contributed by atoms with Gasteiger partial charge < -0.3 is 10.1 Å². The Morgan fingerprint density at radius 3 is 2.72 bits per heavy atom. The Kier molecular flexibility index (Phi) is 4.16. The molecule has 4 heteroatoms. The van der Waals surface area contributed by atoms with Crippen molar-refractivity contribution in [3.05, 3.63) is 65.7 Å². The average molecular weight is 330 g/mol. The summed E-state index contributed by atoms with van der Waals surface area (Å²) in [6.45, 7) is 3.80. The van der Waals surface area contributed by atoms with Gasteiger partial charge in [-0.05, 0) is 60.9 Å². The smallest absolute Gasteiger partial charge is 0.328 e. The van der Waals surface area contributed by atoms with Crippen LogP contribution in [0.4, 0.5) is 0 Å². The maximum absolute atomic E-state index is 10.6. The highest BCUT2D eigenvalue weighted by molar-refractivity contribution is 5.90. The molecule has 0 radical (unpaired) electrons. The minimum Gasteiger partial charge on any atom is -0.478 e. The standard InChI is InChI=1S/C21H18N2O2/c1-21(2,13-22)17-5-3-4-15(11-17)19-12-16-10-14(7-9-20(24)25)6-8-18(16)23-19/h3-12,23H,1-2H3,(H,24,25)/b9-7+. The van der Waals surface area contributed by atoms with Crippen LogP contribution in [0.1, 0.15) is 25.0 Å². The van der Waals surface area contributed by atoms with E-state index in [-0.39, 0.29) is 0 Å². The van der Waals surface area contributed by atoms with Crippen molar-refractivity contribution in [3.63, 3.8) is 0 Å². The molecule has 3 rings (SSSR count). The summed E-state index contributed by atoms with van der Waals surface area (Å²) in [6.07, 6.45) is 2.70. The zero-order chi connectivity index (χ0) is 18.0. The molecule has 2 N–H and O–H groups in total. The molecule has 0 spiro atoms. The van der Waals surface area contributed by atoms with E-state index in [2.05, 4.69) is 11.1 Å². The molecule has 0 saturated carbocycles. The van der Waals surface area contributed by atoms with Gasteiger partial charge in [-0.25, -0.2) is 4.79 Å². The first-order valence-electron chi connectivity index (χ1n) is 7.95. The van der Waals surface area contributed by atoms with Gasteiger partial charge in [0.2, 0.25) is 0 Å². The fourth-order valence-electron chi connectivity index (χ4n) is 2.72. The minimum atomic E-state index is -0.966. The SMILES string of the molecule is CC(C)(C#N)c1cccc(-c2cc3cc(/C=C/C(=O)O)ccc3[nH]2)c1. The number of H-pyrrole nitrogens is 1. The van der Waals surface area contributed by atoms with Crippen LogP contribution in [0.15, 0.2) is 54.6 Å². The van der Waals surface area contributed by atoms with Gasteiger partial charge in [-0.1, -0.05) is 24.3 Å². The Morgan fingerprint density at radius 1 is 1.20 bits per heavy atom. The minimum absolute atomic E-state index is 0.545. The maximum Gasteiger partial charge on any atom is 0.328 e. The van der Waals surface area contributed by atoms with Crippen molar-refractivity contribution in [2.45, 2.75) is 19.3 Å². The molecule has 124 valence electrons. The third-order valence-corrected chi connectivity index (χ3v) is 4.24. The van der Waals surface area contributed by atoms with E-state index in [0.717, 1.165) is 39.4 Å². The summed E-state index contributed by atoms with van der Waals surface area (Å²) in [5, 5.41) is 19.1. The lowest BCUT2D eigenvalue weighted by Crippen LogP contribution is -2.13. The van der Waals surface area contributed by atoms with Gasteiger partial charge in [-0.3, -0.25) is 0 Å². The molecule has 3 aromatic rings. The number of aromatic nitrogens is 1. The van der Waals surface area contributed by atoms with Crippen molar-refractivity contribution in [3.8, 4) is 17.3 Å². The van der Waals surface area contributed by atoms with Crippen LogP contribution in [-0.4, -0.2) is 16.1 Å².